The number of rotatable bonds is 6. The van der Waals surface area contributed by atoms with Crippen LogP contribution in [-0.4, -0.2) is 24.5 Å². The number of benzene rings is 2. The number of hydrogen-bond acceptors (Lipinski definition) is 3. The predicted octanol–water partition coefficient (Wildman–Crippen LogP) is 7.47. The minimum atomic E-state index is -3.05. The van der Waals surface area contributed by atoms with Gasteiger partial charge in [-0.05, 0) is 38.0 Å². The standard InChI is InChI=1S/C28H26ClF2N5/c1-17(2)26-19(4)36(24-13-14-25(29)32-18(24)3)34-27(26)21-11-8-12-23-22(21)15-35(33-23)16-28(30,31)20-9-6-5-7-10-20/h5-15,17H,16H2,1-4H3. The Morgan fingerprint density at radius 2 is 1.69 bits per heavy atom. The maximum Gasteiger partial charge on any atom is 0.292 e. The maximum atomic E-state index is 15.0. The first-order valence-electron chi connectivity index (χ1n) is 11.8. The van der Waals surface area contributed by atoms with E-state index in [2.05, 4.69) is 23.9 Å². The van der Waals surface area contributed by atoms with Crippen LogP contribution in [-0.2, 0) is 12.5 Å². The summed E-state index contributed by atoms with van der Waals surface area (Å²) in [5.41, 5.74) is 5.95. The Bertz CT molecular complexity index is 1550. The van der Waals surface area contributed by atoms with E-state index in [1.54, 1.807) is 30.5 Å². The van der Waals surface area contributed by atoms with E-state index in [4.69, 9.17) is 16.7 Å². The van der Waals surface area contributed by atoms with Gasteiger partial charge < -0.3 is 0 Å². The third-order valence-electron chi connectivity index (χ3n) is 6.40. The summed E-state index contributed by atoms with van der Waals surface area (Å²) in [5.74, 6) is -2.87. The Balaban J connectivity index is 1.62. The summed E-state index contributed by atoms with van der Waals surface area (Å²) in [6.45, 7) is 7.62. The van der Waals surface area contributed by atoms with Crippen LogP contribution in [0.5, 0.6) is 0 Å². The van der Waals surface area contributed by atoms with Crippen LogP contribution in [0.15, 0.2) is 66.9 Å². The first kappa shape index (κ1) is 24.1. The van der Waals surface area contributed by atoms with Crippen LogP contribution >= 0.6 is 11.6 Å². The summed E-state index contributed by atoms with van der Waals surface area (Å²) >= 11 is 6.08. The number of hydrogen-bond donors (Lipinski definition) is 0. The highest BCUT2D eigenvalue weighted by atomic mass is 35.5. The summed E-state index contributed by atoms with van der Waals surface area (Å²) < 4.78 is 33.2. The van der Waals surface area contributed by atoms with Crippen molar-refractivity contribution in [1.29, 1.82) is 0 Å². The average molecular weight is 506 g/mol. The fourth-order valence-electron chi connectivity index (χ4n) is 4.74. The zero-order valence-electron chi connectivity index (χ0n) is 20.5. The summed E-state index contributed by atoms with van der Waals surface area (Å²) in [4.78, 5) is 4.38. The highest BCUT2D eigenvalue weighted by Crippen LogP contribution is 2.37. The van der Waals surface area contributed by atoms with Gasteiger partial charge in [0.2, 0.25) is 0 Å². The zero-order chi connectivity index (χ0) is 25.6. The van der Waals surface area contributed by atoms with Crippen molar-refractivity contribution in [3.8, 4) is 16.9 Å². The number of pyridine rings is 1. The van der Waals surface area contributed by atoms with E-state index < -0.39 is 12.5 Å². The van der Waals surface area contributed by atoms with Crippen LogP contribution < -0.4 is 0 Å². The molecule has 0 spiro atoms. The molecule has 0 N–H and O–H groups in total. The first-order chi connectivity index (χ1) is 17.2. The fourth-order valence-corrected chi connectivity index (χ4v) is 4.93. The van der Waals surface area contributed by atoms with Gasteiger partial charge in [0.05, 0.1) is 22.6 Å². The molecule has 2 aromatic carbocycles. The molecular weight excluding hydrogens is 480 g/mol. The van der Waals surface area contributed by atoms with Gasteiger partial charge in [-0.2, -0.15) is 19.0 Å². The molecule has 3 heterocycles. The van der Waals surface area contributed by atoms with Crippen LogP contribution in [0, 0.1) is 13.8 Å². The van der Waals surface area contributed by atoms with Crippen molar-refractivity contribution in [3.05, 3.63) is 94.5 Å². The molecule has 5 aromatic rings. The number of fused-ring (bicyclic) bond motifs is 1. The van der Waals surface area contributed by atoms with E-state index in [1.165, 1.54) is 16.8 Å². The van der Waals surface area contributed by atoms with Gasteiger partial charge in [-0.3, -0.25) is 4.68 Å². The molecule has 8 heteroatoms. The molecule has 5 rings (SSSR count). The molecule has 0 amide bonds. The summed E-state index contributed by atoms with van der Waals surface area (Å²) in [5, 5.41) is 10.7. The van der Waals surface area contributed by atoms with Crippen LogP contribution in [0.25, 0.3) is 27.8 Å². The molecule has 0 saturated carbocycles. The predicted molar refractivity (Wildman–Crippen MR) is 139 cm³/mol. The van der Waals surface area contributed by atoms with Crippen molar-refractivity contribution in [2.75, 3.05) is 0 Å². The lowest BCUT2D eigenvalue weighted by molar-refractivity contribution is -0.0252. The largest absolute Gasteiger partial charge is 0.292 e. The second kappa shape index (κ2) is 9.13. The molecule has 0 radical (unpaired) electrons. The van der Waals surface area contributed by atoms with E-state index in [0.717, 1.165) is 39.3 Å². The number of alkyl halides is 2. The number of aromatic nitrogens is 5. The topological polar surface area (TPSA) is 48.5 Å². The molecule has 0 atom stereocenters. The average Bonchev–Trinajstić information content (AvgIpc) is 3.39. The Labute approximate surface area is 213 Å². The van der Waals surface area contributed by atoms with E-state index in [1.807, 2.05) is 42.8 Å². The summed E-state index contributed by atoms with van der Waals surface area (Å²) in [6.07, 6.45) is 1.69. The van der Waals surface area contributed by atoms with Crippen LogP contribution in [0.3, 0.4) is 0 Å². The smallest absolute Gasteiger partial charge is 0.265 e. The molecule has 184 valence electrons. The number of nitrogens with zero attached hydrogens (tertiary/aromatic N) is 5. The van der Waals surface area contributed by atoms with Crippen LogP contribution in [0.2, 0.25) is 5.15 Å². The van der Waals surface area contributed by atoms with Crippen molar-refractivity contribution in [2.24, 2.45) is 0 Å². The van der Waals surface area contributed by atoms with Crippen molar-refractivity contribution in [1.82, 2.24) is 24.5 Å². The van der Waals surface area contributed by atoms with E-state index in [-0.39, 0.29) is 11.5 Å². The second-order valence-electron chi connectivity index (χ2n) is 9.29. The normalized spacial score (nSPS) is 12.1. The van der Waals surface area contributed by atoms with Gasteiger partial charge in [-0.15, -0.1) is 0 Å². The van der Waals surface area contributed by atoms with Gasteiger partial charge in [0.25, 0.3) is 5.92 Å². The quantitative estimate of drug-likeness (QED) is 0.225. The van der Waals surface area contributed by atoms with E-state index in [0.29, 0.717) is 10.7 Å². The molecule has 0 bridgehead atoms. The summed E-state index contributed by atoms with van der Waals surface area (Å²) in [6, 6.07) is 17.2. The van der Waals surface area contributed by atoms with Crippen molar-refractivity contribution >= 4 is 22.5 Å². The monoisotopic (exact) mass is 505 g/mol. The number of halogens is 3. The molecule has 0 fully saturated rings. The molecule has 0 aliphatic rings. The van der Waals surface area contributed by atoms with Gasteiger partial charge in [-0.25, -0.2) is 9.67 Å². The molecule has 0 unspecified atom stereocenters. The highest BCUT2D eigenvalue weighted by molar-refractivity contribution is 6.29. The van der Waals surface area contributed by atoms with Crippen molar-refractivity contribution in [3.63, 3.8) is 0 Å². The molecule has 0 aliphatic heterocycles. The van der Waals surface area contributed by atoms with Gasteiger partial charge in [0, 0.05) is 34.0 Å². The third kappa shape index (κ3) is 4.28. The van der Waals surface area contributed by atoms with Gasteiger partial charge in [0.15, 0.2) is 0 Å². The van der Waals surface area contributed by atoms with Crippen LogP contribution in [0.1, 0.15) is 42.3 Å². The minimum Gasteiger partial charge on any atom is -0.265 e. The Hall–Kier alpha value is -3.58. The number of aryl methyl sites for hydroxylation is 1. The lowest BCUT2D eigenvalue weighted by Gasteiger charge is -2.16. The lowest BCUT2D eigenvalue weighted by atomic mass is 9.95. The Morgan fingerprint density at radius 3 is 2.39 bits per heavy atom. The molecule has 0 saturated heterocycles. The first-order valence-corrected chi connectivity index (χ1v) is 12.2. The third-order valence-corrected chi connectivity index (χ3v) is 6.61. The Morgan fingerprint density at radius 1 is 0.944 bits per heavy atom. The van der Waals surface area contributed by atoms with Crippen molar-refractivity contribution in [2.45, 2.75) is 46.1 Å². The second-order valence-corrected chi connectivity index (χ2v) is 9.68. The zero-order valence-corrected chi connectivity index (χ0v) is 21.3. The molecule has 5 nitrogen and oxygen atoms in total. The van der Waals surface area contributed by atoms with Crippen LogP contribution in [0.4, 0.5) is 8.78 Å². The summed E-state index contributed by atoms with van der Waals surface area (Å²) in [7, 11) is 0. The van der Waals surface area contributed by atoms with Gasteiger partial charge in [-0.1, -0.05) is 67.9 Å². The molecule has 36 heavy (non-hydrogen) atoms. The van der Waals surface area contributed by atoms with E-state index >= 15 is 0 Å². The lowest BCUT2D eigenvalue weighted by Crippen LogP contribution is -2.21. The van der Waals surface area contributed by atoms with Gasteiger partial charge >= 0.3 is 0 Å². The SMILES string of the molecule is Cc1nc(Cl)ccc1-n1nc(-c2cccc3nn(CC(F)(F)c4ccccc4)cc23)c(C(C)C)c1C. The highest BCUT2D eigenvalue weighted by Gasteiger charge is 2.32. The van der Waals surface area contributed by atoms with Gasteiger partial charge in [0.1, 0.15) is 11.7 Å². The van der Waals surface area contributed by atoms with E-state index in [9.17, 15) is 8.78 Å². The Kier molecular flexibility index (Phi) is 6.12. The molecule has 3 aromatic heterocycles. The maximum absolute atomic E-state index is 15.0. The minimum absolute atomic E-state index is 0.0341. The molecular formula is C28H26ClF2N5. The molecule has 0 aliphatic carbocycles. The van der Waals surface area contributed by atoms with Crippen molar-refractivity contribution < 1.29 is 8.78 Å². The fraction of sp³-hybridized carbons (Fsp3) is 0.250.